The summed E-state index contributed by atoms with van der Waals surface area (Å²) in [5.74, 6) is 0.110. The first kappa shape index (κ1) is 15.1. The summed E-state index contributed by atoms with van der Waals surface area (Å²) in [6.07, 6.45) is 5.23. The van der Waals surface area contributed by atoms with Crippen LogP contribution in [0.25, 0.3) is 0 Å². The van der Waals surface area contributed by atoms with E-state index in [9.17, 15) is 13.6 Å². The van der Waals surface area contributed by atoms with Crippen LogP contribution in [0.1, 0.15) is 24.9 Å². The fourth-order valence-corrected chi connectivity index (χ4v) is 1.66. The van der Waals surface area contributed by atoms with Crippen molar-refractivity contribution < 1.29 is 13.6 Å². The zero-order valence-electron chi connectivity index (χ0n) is 10.9. The van der Waals surface area contributed by atoms with Gasteiger partial charge in [0.15, 0.2) is 11.6 Å². The molecule has 0 spiro atoms. The molecule has 0 aliphatic rings. The Hall–Kier alpha value is -1.93. The summed E-state index contributed by atoms with van der Waals surface area (Å²) in [6, 6.07) is 2.31. The minimum absolute atomic E-state index is 0.133. The third kappa shape index (κ3) is 3.52. The molecule has 0 aliphatic heterocycles. The van der Waals surface area contributed by atoms with E-state index in [0.717, 1.165) is 12.1 Å². The van der Waals surface area contributed by atoms with E-state index in [1.54, 1.807) is 14.0 Å². The van der Waals surface area contributed by atoms with Crippen LogP contribution in [0.4, 0.5) is 8.78 Å². The Morgan fingerprint density at radius 2 is 2.11 bits per heavy atom. The second-order valence-corrected chi connectivity index (χ2v) is 4.31. The van der Waals surface area contributed by atoms with Crippen molar-refractivity contribution in [2.45, 2.75) is 25.4 Å². The topological polar surface area (TPSA) is 46.3 Å². The van der Waals surface area contributed by atoms with Gasteiger partial charge in [-0.25, -0.2) is 8.78 Å². The Morgan fingerprint density at radius 3 is 2.63 bits per heavy atom. The molecule has 0 fully saturated rings. The summed E-state index contributed by atoms with van der Waals surface area (Å²) in [4.78, 5) is 13.3. The lowest BCUT2D eigenvalue weighted by Crippen LogP contribution is -2.42. The van der Waals surface area contributed by atoms with Crippen molar-refractivity contribution in [1.82, 2.24) is 4.90 Å². The van der Waals surface area contributed by atoms with Gasteiger partial charge in [0, 0.05) is 13.5 Å². The van der Waals surface area contributed by atoms with Crippen LogP contribution in [0.15, 0.2) is 18.2 Å². The van der Waals surface area contributed by atoms with Gasteiger partial charge in [0.05, 0.1) is 12.1 Å². The Bertz CT molecular complexity index is 511. The molecule has 2 atom stereocenters. The van der Waals surface area contributed by atoms with Crippen molar-refractivity contribution in [1.29, 1.82) is 0 Å². The highest BCUT2D eigenvalue weighted by Crippen LogP contribution is 2.21. The first-order valence-corrected chi connectivity index (χ1v) is 5.79. The number of benzene rings is 1. The first-order valence-electron chi connectivity index (χ1n) is 5.79. The van der Waals surface area contributed by atoms with E-state index >= 15 is 0 Å². The normalized spacial score (nSPS) is 13.5. The maximum absolute atomic E-state index is 13.2. The standard InChI is InChI=1S/C14H16F2N2O/c1-4-5-13(17)14(19)18(3)9(2)10-6-7-11(15)12(16)8-10/h1,6-9,13H,5,17H2,2-3H3. The molecule has 2 N–H and O–H groups in total. The summed E-state index contributed by atoms with van der Waals surface area (Å²) in [7, 11) is 1.55. The van der Waals surface area contributed by atoms with E-state index in [1.807, 2.05) is 0 Å². The quantitative estimate of drug-likeness (QED) is 0.845. The number of hydrogen-bond donors (Lipinski definition) is 1. The molecule has 0 aromatic heterocycles. The van der Waals surface area contributed by atoms with Crippen LogP contribution in [-0.4, -0.2) is 23.9 Å². The molecule has 0 saturated heterocycles. The predicted molar refractivity (Wildman–Crippen MR) is 69.0 cm³/mol. The minimum atomic E-state index is -0.946. The van der Waals surface area contributed by atoms with Crippen LogP contribution < -0.4 is 5.73 Å². The van der Waals surface area contributed by atoms with E-state index in [0.29, 0.717) is 5.56 Å². The van der Waals surface area contributed by atoms with E-state index in [4.69, 9.17) is 12.2 Å². The zero-order chi connectivity index (χ0) is 14.6. The predicted octanol–water partition coefficient (Wildman–Crippen LogP) is 1.83. The highest BCUT2D eigenvalue weighted by molar-refractivity contribution is 5.82. The summed E-state index contributed by atoms with van der Waals surface area (Å²) in [5, 5.41) is 0. The SMILES string of the molecule is C#CCC(N)C(=O)N(C)C(C)c1ccc(F)c(F)c1. The number of likely N-dealkylation sites (N-methyl/N-ethyl adjacent to an activating group) is 1. The van der Waals surface area contributed by atoms with E-state index in [2.05, 4.69) is 5.92 Å². The number of carbonyl (C=O) groups excluding carboxylic acids is 1. The highest BCUT2D eigenvalue weighted by atomic mass is 19.2. The summed E-state index contributed by atoms with van der Waals surface area (Å²) in [5.41, 5.74) is 6.12. The molecule has 0 bridgehead atoms. The molecule has 19 heavy (non-hydrogen) atoms. The number of nitrogens with two attached hydrogens (primary N) is 1. The molecular formula is C14H16F2N2O. The van der Waals surface area contributed by atoms with Crippen LogP contribution in [0.2, 0.25) is 0 Å². The van der Waals surface area contributed by atoms with Crippen molar-refractivity contribution in [3.8, 4) is 12.3 Å². The average molecular weight is 266 g/mol. The average Bonchev–Trinajstić information content (AvgIpc) is 2.39. The number of carbonyl (C=O) groups is 1. The van der Waals surface area contributed by atoms with Gasteiger partial charge in [-0.2, -0.15) is 0 Å². The number of nitrogens with zero attached hydrogens (tertiary/aromatic N) is 1. The molecule has 5 heteroatoms. The van der Waals surface area contributed by atoms with Gasteiger partial charge in [0.2, 0.25) is 5.91 Å². The smallest absolute Gasteiger partial charge is 0.240 e. The summed E-state index contributed by atoms with van der Waals surface area (Å²) >= 11 is 0. The maximum Gasteiger partial charge on any atom is 0.240 e. The molecular weight excluding hydrogens is 250 g/mol. The van der Waals surface area contributed by atoms with Crippen LogP contribution in [0.3, 0.4) is 0 Å². The van der Waals surface area contributed by atoms with Gasteiger partial charge in [-0.15, -0.1) is 12.3 Å². The Kier molecular flexibility index (Phi) is 5.02. The molecule has 102 valence electrons. The molecule has 1 amide bonds. The van der Waals surface area contributed by atoms with Gasteiger partial charge in [0.1, 0.15) is 0 Å². The first-order chi connectivity index (χ1) is 8.88. The number of hydrogen-bond acceptors (Lipinski definition) is 2. The van der Waals surface area contributed by atoms with Gasteiger partial charge in [-0.1, -0.05) is 6.07 Å². The second-order valence-electron chi connectivity index (χ2n) is 4.31. The highest BCUT2D eigenvalue weighted by Gasteiger charge is 2.22. The molecule has 0 heterocycles. The molecule has 0 aliphatic carbocycles. The van der Waals surface area contributed by atoms with Crippen LogP contribution in [-0.2, 0) is 4.79 Å². The van der Waals surface area contributed by atoms with Gasteiger partial charge in [0.25, 0.3) is 0 Å². The number of terminal acetylenes is 1. The zero-order valence-corrected chi connectivity index (χ0v) is 10.9. The number of rotatable bonds is 4. The Labute approximate surface area is 111 Å². The van der Waals surface area contributed by atoms with Crippen molar-refractivity contribution in [3.05, 3.63) is 35.4 Å². The summed E-state index contributed by atoms with van der Waals surface area (Å²) < 4.78 is 26.0. The third-order valence-corrected chi connectivity index (χ3v) is 3.01. The van der Waals surface area contributed by atoms with E-state index < -0.39 is 23.7 Å². The minimum Gasteiger partial charge on any atom is -0.338 e. The molecule has 3 nitrogen and oxygen atoms in total. The van der Waals surface area contributed by atoms with Gasteiger partial charge >= 0.3 is 0 Å². The van der Waals surface area contributed by atoms with Crippen molar-refractivity contribution in [3.63, 3.8) is 0 Å². The van der Waals surface area contributed by atoms with Crippen molar-refractivity contribution in [2.24, 2.45) is 5.73 Å². The molecule has 2 unspecified atom stereocenters. The van der Waals surface area contributed by atoms with Gasteiger partial charge in [-0.05, 0) is 24.6 Å². The van der Waals surface area contributed by atoms with Crippen LogP contribution >= 0.6 is 0 Å². The van der Waals surface area contributed by atoms with Gasteiger partial charge < -0.3 is 10.6 Å². The van der Waals surface area contributed by atoms with Crippen molar-refractivity contribution in [2.75, 3.05) is 7.05 Å². The molecule has 1 aromatic carbocycles. The monoisotopic (exact) mass is 266 g/mol. The van der Waals surface area contributed by atoms with Crippen molar-refractivity contribution >= 4 is 5.91 Å². The van der Waals surface area contributed by atoms with Crippen LogP contribution in [0.5, 0.6) is 0 Å². The largest absolute Gasteiger partial charge is 0.338 e. The molecule has 0 saturated carbocycles. The molecule has 1 aromatic rings. The second kappa shape index (κ2) is 6.30. The maximum atomic E-state index is 13.2. The van der Waals surface area contributed by atoms with Gasteiger partial charge in [-0.3, -0.25) is 4.79 Å². The number of amides is 1. The fourth-order valence-electron chi connectivity index (χ4n) is 1.66. The molecule has 1 rings (SSSR count). The third-order valence-electron chi connectivity index (χ3n) is 3.01. The lowest BCUT2D eigenvalue weighted by Gasteiger charge is -2.27. The molecule has 0 radical (unpaired) electrons. The van der Waals surface area contributed by atoms with Crippen LogP contribution in [0, 0.1) is 24.0 Å². The van der Waals surface area contributed by atoms with E-state index in [1.165, 1.54) is 11.0 Å². The lowest BCUT2D eigenvalue weighted by atomic mass is 10.1. The summed E-state index contributed by atoms with van der Waals surface area (Å²) in [6.45, 7) is 1.70. The number of halogens is 2. The lowest BCUT2D eigenvalue weighted by molar-refractivity contribution is -0.133. The Morgan fingerprint density at radius 1 is 1.47 bits per heavy atom. The fraction of sp³-hybridized carbons (Fsp3) is 0.357. The Balaban J connectivity index is 2.87. The van der Waals surface area contributed by atoms with E-state index in [-0.39, 0.29) is 12.3 Å².